The first kappa shape index (κ1) is 25.6. The molecule has 1 aromatic carbocycles. The van der Waals surface area contributed by atoms with E-state index in [1.54, 1.807) is 24.1 Å². The van der Waals surface area contributed by atoms with E-state index in [-0.39, 0.29) is 28.8 Å². The molecule has 0 spiro atoms. The molecular weight excluding hydrogens is 464 g/mol. The predicted molar refractivity (Wildman–Crippen MR) is 138 cm³/mol. The lowest BCUT2D eigenvalue weighted by atomic mass is 10.1. The quantitative estimate of drug-likeness (QED) is 0.402. The molecule has 0 atom stereocenters. The van der Waals surface area contributed by atoms with Gasteiger partial charge in [-0.3, -0.25) is 33.7 Å². The van der Waals surface area contributed by atoms with Crippen LogP contribution in [0.3, 0.4) is 0 Å². The molecule has 36 heavy (non-hydrogen) atoms. The van der Waals surface area contributed by atoms with Crippen LogP contribution in [0.15, 0.2) is 39.9 Å². The lowest BCUT2D eigenvalue weighted by Gasteiger charge is -2.37. The number of carbonyl (C=O) groups excluding carboxylic acids is 1. The highest BCUT2D eigenvalue weighted by Gasteiger charge is 2.28. The predicted octanol–water partition coefficient (Wildman–Crippen LogP) is 1.73. The summed E-state index contributed by atoms with van der Waals surface area (Å²) in [6, 6.07) is 7.74. The van der Waals surface area contributed by atoms with Gasteiger partial charge in [0, 0.05) is 76.6 Å². The van der Waals surface area contributed by atoms with Gasteiger partial charge in [0.25, 0.3) is 11.2 Å². The number of amides is 1. The van der Waals surface area contributed by atoms with E-state index in [1.165, 1.54) is 29.8 Å². The number of hydrogen-bond acceptors (Lipinski definition) is 7. The molecule has 1 aliphatic heterocycles. The zero-order chi connectivity index (χ0) is 25.8. The molecule has 11 nitrogen and oxygen atoms in total. The molecule has 1 aromatic heterocycles. The summed E-state index contributed by atoms with van der Waals surface area (Å²) in [5.41, 5.74) is 0.0690. The van der Waals surface area contributed by atoms with Gasteiger partial charge in [0.15, 0.2) is 0 Å². The van der Waals surface area contributed by atoms with Crippen LogP contribution in [0.2, 0.25) is 0 Å². The van der Waals surface area contributed by atoms with Crippen molar-refractivity contribution in [3.05, 3.63) is 61.3 Å². The highest BCUT2D eigenvalue weighted by molar-refractivity contribution is 5.95. The standard InChI is InChI=1S/C25H34N6O5/c1-26-22(18-23(32)27(2)25(26)34)29-16-14-28(15-17-29)12-5-13-30(24(33)19-6-3-4-7-19)20-8-10-21(11-9-20)31(35)36/h8-11,18-19H,3-7,12-17H2,1-2H3. The maximum absolute atomic E-state index is 13.3. The van der Waals surface area contributed by atoms with Gasteiger partial charge in [-0.1, -0.05) is 12.8 Å². The van der Waals surface area contributed by atoms with Crippen LogP contribution in [-0.4, -0.2) is 64.1 Å². The summed E-state index contributed by atoms with van der Waals surface area (Å²) in [7, 11) is 3.15. The van der Waals surface area contributed by atoms with Crippen molar-refractivity contribution >= 4 is 23.1 Å². The molecule has 1 aliphatic carbocycles. The second-order valence-corrected chi connectivity index (χ2v) is 9.67. The van der Waals surface area contributed by atoms with Gasteiger partial charge >= 0.3 is 5.69 Å². The Morgan fingerprint density at radius 3 is 2.28 bits per heavy atom. The fraction of sp³-hybridized carbons (Fsp3) is 0.560. The van der Waals surface area contributed by atoms with E-state index in [0.29, 0.717) is 31.1 Å². The molecule has 4 rings (SSSR count). The molecule has 11 heteroatoms. The second kappa shape index (κ2) is 11.1. The van der Waals surface area contributed by atoms with E-state index in [0.717, 1.165) is 56.3 Å². The van der Waals surface area contributed by atoms with Crippen LogP contribution in [0.5, 0.6) is 0 Å². The number of anilines is 2. The summed E-state index contributed by atoms with van der Waals surface area (Å²) in [5.74, 6) is 0.765. The Hall–Kier alpha value is -3.47. The first-order valence-electron chi connectivity index (χ1n) is 12.6. The number of hydrogen-bond donors (Lipinski definition) is 0. The van der Waals surface area contributed by atoms with E-state index < -0.39 is 4.92 Å². The summed E-state index contributed by atoms with van der Waals surface area (Å²) >= 11 is 0. The van der Waals surface area contributed by atoms with Gasteiger partial charge in [-0.25, -0.2) is 4.79 Å². The summed E-state index contributed by atoms with van der Waals surface area (Å²) in [5, 5.41) is 11.0. The third kappa shape index (κ3) is 5.51. The topological polar surface area (TPSA) is 114 Å². The number of nitrogens with zero attached hydrogens (tertiary/aromatic N) is 6. The lowest BCUT2D eigenvalue weighted by Crippen LogP contribution is -2.49. The first-order valence-corrected chi connectivity index (χ1v) is 12.6. The van der Waals surface area contributed by atoms with Crippen molar-refractivity contribution in [3.63, 3.8) is 0 Å². The van der Waals surface area contributed by atoms with Crippen LogP contribution in [0.4, 0.5) is 17.2 Å². The van der Waals surface area contributed by atoms with Crippen molar-refractivity contribution in [1.29, 1.82) is 0 Å². The van der Waals surface area contributed by atoms with Gasteiger partial charge in [0.2, 0.25) is 5.91 Å². The Labute approximate surface area is 209 Å². The molecule has 2 aromatic rings. The number of rotatable bonds is 8. The average molecular weight is 499 g/mol. The first-order chi connectivity index (χ1) is 17.3. The SMILES string of the molecule is Cn1c(N2CCN(CCCN(C(=O)C3CCCC3)c3ccc([N+](=O)[O-])cc3)CC2)cc(=O)n(C)c1=O. The number of non-ortho nitro benzene ring substituents is 1. The van der Waals surface area contributed by atoms with E-state index in [9.17, 15) is 24.5 Å². The fourth-order valence-electron chi connectivity index (χ4n) is 5.19. The van der Waals surface area contributed by atoms with Crippen molar-refractivity contribution in [2.24, 2.45) is 20.0 Å². The Balaban J connectivity index is 1.36. The zero-order valence-corrected chi connectivity index (χ0v) is 21.0. The number of piperazine rings is 1. The smallest absolute Gasteiger partial charge is 0.332 e. The fourth-order valence-corrected chi connectivity index (χ4v) is 5.19. The normalized spacial score (nSPS) is 16.9. The van der Waals surface area contributed by atoms with Crippen LogP contribution in [0.25, 0.3) is 0 Å². The monoisotopic (exact) mass is 498 g/mol. The number of carbonyl (C=O) groups is 1. The van der Waals surface area contributed by atoms with Crippen molar-refractivity contribution in [2.75, 3.05) is 49.1 Å². The average Bonchev–Trinajstić information content (AvgIpc) is 3.43. The summed E-state index contributed by atoms with van der Waals surface area (Å²) in [4.78, 5) is 54.4. The molecule has 194 valence electrons. The van der Waals surface area contributed by atoms with Crippen molar-refractivity contribution < 1.29 is 9.72 Å². The molecule has 1 saturated carbocycles. The van der Waals surface area contributed by atoms with Crippen LogP contribution in [-0.2, 0) is 18.9 Å². The molecule has 2 aliphatic rings. The third-order valence-electron chi connectivity index (χ3n) is 7.40. The Morgan fingerprint density at radius 2 is 1.67 bits per heavy atom. The maximum Gasteiger partial charge on any atom is 0.332 e. The van der Waals surface area contributed by atoms with Gasteiger partial charge < -0.3 is 9.80 Å². The van der Waals surface area contributed by atoms with Crippen LogP contribution in [0.1, 0.15) is 32.1 Å². The molecule has 2 fully saturated rings. The molecular formula is C25H34N6O5. The number of benzene rings is 1. The van der Waals surface area contributed by atoms with Gasteiger partial charge in [0.1, 0.15) is 5.82 Å². The third-order valence-corrected chi connectivity index (χ3v) is 7.40. The Morgan fingerprint density at radius 1 is 1.03 bits per heavy atom. The van der Waals surface area contributed by atoms with Crippen LogP contribution >= 0.6 is 0 Å². The summed E-state index contributed by atoms with van der Waals surface area (Å²) in [6.07, 6.45) is 4.70. The van der Waals surface area contributed by atoms with E-state index in [1.807, 2.05) is 0 Å². The van der Waals surface area contributed by atoms with Crippen LogP contribution < -0.4 is 21.0 Å². The minimum atomic E-state index is -0.433. The Kier molecular flexibility index (Phi) is 7.88. The highest BCUT2D eigenvalue weighted by Crippen LogP contribution is 2.29. The summed E-state index contributed by atoms with van der Waals surface area (Å²) in [6.45, 7) is 4.34. The van der Waals surface area contributed by atoms with Gasteiger partial charge in [0.05, 0.1) is 4.92 Å². The lowest BCUT2D eigenvalue weighted by molar-refractivity contribution is -0.384. The molecule has 0 unspecified atom stereocenters. The largest absolute Gasteiger partial charge is 0.355 e. The zero-order valence-electron chi connectivity index (χ0n) is 21.0. The number of nitro benzene ring substituents is 1. The van der Waals surface area contributed by atoms with E-state index in [2.05, 4.69) is 9.80 Å². The number of nitro groups is 1. The molecule has 1 saturated heterocycles. The minimum Gasteiger partial charge on any atom is -0.355 e. The summed E-state index contributed by atoms with van der Waals surface area (Å²) < 4.78 is 2.61. The number of aromatic nitrogens is 2. The maximum atomic E-state index is 13.3. The van der Waals surface area contributed by atoms with E-state index >= 15 is 0 Å². The van der Waals surface area contributed by atoms with Gasteiger partial charge in [-0.05, 0) is 37.9 Å². The highest BCUT2D eigenvalue weighted by atomic mass is 16.6. The molecule has 0 N–H and O–H groups in total. The van der Waals surface area contributed by atoms with Crippen molar-refractivity contribution in [1.82, 2.24) is 14.0 Å². The van der Waals surface area contributed by atoms with E-state index in [4.69, 9.17) is 0 Å². The second-order valence-electron chi connectivity index (χ2n) is 9.67. The molecule has 2 heterocycles. The van der Waals surface area contributed by atoms with Gasteiger partial charge in [-0.15, -0.1) is 0 Å². The van der Waals surface area contributed by atoms with Crippen molar-refractivity contribution in [3.8, 4) is 0 Å². The molecule has 1 amide bonds. The Bertz CT molecular complexity index is 1210. The van der Waals surface area contributed by atoms with Crippen LogP contribution in [0, 0.1) is 16.0 Å². The van der Waals surface area contributed by atoms with Gasteiger partial charge in [-0.2, -0.15) is 0 Å². The molecule has 0 radical (unpaired) electrons. The molecule has 0 bridgehead atoms. The minimum absolute atomic E-state index is 0.0126. The van der Waals surface area contributed by atoms with Crippen molar-refractivity contribution in [2.45, 2.75) is 32.1 Å².